The van der Waals surface area contributed by atoms with Crippen LogP contribution >= 0.6 is 0 Å². The molecular formula is C43H65N5O9. The van der Waals surface area contributed by atoms with Crippen molar-refractivity contribution >= 4 is 41.4 Å². The van der Waals surface area contributed by atoms with Gasteiger partial charge < -0.3 is 29.5 Å². The minimum Gasteiger partial charge on any atom is -0.497 e. The molecule has 1 fully saturated rings. The van der Waals surface area contributed by atoms with Crippen molar-refractivity contribution in [3.8, 4) is 5.75 Å². The van der Waals surface area contributed by atoms with Crippen molar-refractivity contribution in [2.24, 2.45) is 17.8 Å². The average molecular weight is 796 g/mol. The Morgan fingerprint density at radius 3 is 2.16 bits per heavy atom. The van der Waals surface area contributed by atoms with Crippen LogP contribution in [0.4, 0.5) is 0 Å². The van der Waals surface area contributed by atoms with E-state index in [0.29, 0.717) is 30.9 Å². The SMILES string of the molecule is CCCCC(C)CC(C)C(=O)N(C)C(Cc1ccc(OC)cc1)C(=O)NC(C(=O)N(C)C(C(=O)N1CCCC1C(=O)N1C(=O)C=CC1C)C(C)C)C(C)OC(C)=O. The molecule has 2 heterocycles. The number of esters is 1. The number of ether oxygens (including phenoxy) is 2. The lowest BCUT2D eigenvalue weighted by Crippen LogP contribution is -2.62. The maximum atomic E-state index is 14.6. The molecule has 0 spiro atoms. The Labute approximate surface area is 338 Å². The van der Waals surface area contributed by atoms with E-state index in [4.69, 9.17) is 9.47 Å². The van der Waals surface area contributed by atoms with Crippen LogP contribution in [0.3, 0.4) is 0 Å². The largest absolute Gasteiger partial charge is 0.497 e. The number of likely N-dealkylation sites (N-methyl/N-ethyl adjacent to an activating group) is 2. The highest BCUT2D eigenvalue weighted by molar-refractivity contribution is 6.06. The zero-order chi connectivity index (χ0) is 42.7. The van der Waals surface area contributed by atoms with E-state index in [1.807, 2.05) is 6.92 Å². The first-order valence-electron chi connectivity index (χ1n) is 20.3. The number of imide groups is 1. The van der Waals surface area contributed by atoms with Gasteiger partial charge >= 0.3 is 5.97 Å². The summed E-state index contributed by atoms with van der Waals surface area (Å²) >= 11 is 0. The molecule has 0 bridgehead atoms. The summed E-state index contributed by atoms with van der Waals surface area (Å²) in [5, 5.41) is 2.81. The summed E-state index contributed by atoms with van der Waals surface area (Å²) in [6.07, 6.45) is 6.57. The van der Waals surface area contributed by atoms with E-state index < -0.39 is 77.7 Å². The monoisotopic (exact) mass is 795 g/mol. The van der Waals surface area contributed by atoms with Crippen LogP contribution < -0.4 is 10.1 Å². The second kappa shape index (κ2) is 21.1. The lowest BCUT2D eigenvalue weighted by atomic mass is 9.91. The number of nitrogens with zero attached hydrogens (tertiary/aromatic N) is 4. The molecule has 14 nitrogen and oxygen atoms in total. The number of likely N-dealkylation sites (tertiary alicyclic amines) is 1. The van der Waals surface area contributed by atoms with E-state index >= 15 is 0 Å². The Morgan fingerprint density at radius 2 is 1.61 bits per heavy atom. The van der Waals surface area contributed by atoms with Crippen molar-refractivity contribution in [2.75, 3.05) is 27.7 Å². The van der Waals surface area contributed by atoms with Crippen LogP contribution in [0.1, 0.15) is 99.5 Å². The third kappa shape index (κ3) is 11.9. The van der Waals surface area contributed by atoms with Crippen molar-refractivity contribution in [3.05, 3.63) is 42.0 Å². The molecule has 3 rings (SSSR count). The van der Waals surface area contributed by atoms with Crippen molar-refractivity contribution in [1.29, 1.82) is 0 Å². The van der Waals surface area contributed by atoms with Gasteiger partial charge in [-0.25, -0.2) is 0 Å². The number of methoxy groups -OCH3 is 1. The topological polar surface area (TPSA) is 163 Å². The summed E-state index contributed by atoms with van der Waals surface area (Å²) in [4.78, 5) is 101. The highest BCUT2D eigenvalue weighted by Crippen LogP contribution is 2.27. The number of nitrogens with one attached hydrogen (secondary N) is 1. The molecule has 14 heteroatoms. The van der Waals surface area contributed by atoms with Gasteiger partial charge in [0.2, 0.25) is 23.6 Å². The number of hydrogen-bond acceptors (Lipinski definition) is 9. The molecule has 0 aliphatic carbocycles. The Morgan fingerprint density at radius 1 is 0.965 bits per heavy atom. The van der Waals surface area contributed by atoms with Crippen molar-refractivity contribution in [2.45, 2.75) is 137 Å². The number of carbonyl (C=O) groups is 7. The van der Waals surface area contributed by atoms with Gasteiger partial charge in [0.05, 0.1) is 13.2 Å². The molecule has 2 aliphatic rings. The van der Waals surface area contributed by atoms with Gasteiger partial charge in [-0.2, -0.15) is 0 Å². The number of hydrogen-bond donors (Lipinski definition) is 1. The molecule has 57 heavy (non-hydrogen) atoms. The summed E-state index contributed by atoms with van der Waals surface area (Å²) in [7, 11) is 4.57. The van der Waals surface area contributed by atoms with Gasteiger partial charge in [0.1, 0.15) is 36.0 Å². The van der Waals surface area contributed by atoms with Gasteiger partial charge in [-0.3, -0.25) is 38.5 Å². The standard InChI is InChI=1S/C43H65N5O9/c1-12-13-15-27(4)24-28(5)40(52)45(9)35(25-32-18-20-33(56-11)21-19-32)39(51)44-37(30(7)57-31(8)49)42(54)46(10)38(26(2)3)43(55)47-23-14-16-34(47)41(53)48-29(6)17-22-36(48)50/h17-22,26-30,34-35,37-38H,12-16,23-25H2,1-11H3,(H,44,51). The Kier molecular flexibility index (Phi) is 17.3. The van der Waals surface area contributed by atoms with Gasteiger partial charge in [-0.15, -0.1) is 0 Å². The zero-order valence-electron chi connectivity index (χ0n) is 35.8. The Hall–Kier alpha value is -4.75. The highest BCUT2D eigenvalue weighted by atomic mass is 16.5. The average Bonchev–Trinajstić information content (AvgIpc) is 3.79. The molecule has 1 aromatic rings. The van der Waals surface area contributed by atoms with Crippen LogP contribution in [-0.4, -0.2) is 125 Å². The quantitative estimate of drug-likeness (QED) is 0.160. The van der Waals surface area contributed by atoms with E-state index in [2.05, 4.69) is 19.2 Å². The van der Waals surface area contributed by atoms with Gasteiger partial charge in [-0.1, -0.05) is 72.1 Å². The van der Waals surface area contributed by atoms with Crippen LogP contribution in [-0.2, 0) is 44.7 Å². The first-order chi connectivity index (χ1) is 26.8. The Bertz CT molecular complexity index is 1630. The first kappa shape index (κ1) is 46.6. The number of amides is 6. The summed E-state index contributed by atoms with van der Waals surface area (Å²) in [6.45, 7) is 14.3. The van der Waals surface area contributed by atoms with E-state index in [1.165, 1.54) is 41.7 Å². The molecule has 0 aromatic heterocycles. The molecule has 8 atom stereocenters. The lowest BCUT2D eigenvalue weighted by Gasteiger charge is -2.38. The van der Waals surface area contributed by atoms with Crippen LogP contribution in [0.2, 0.25) is 0 Å². The molecule has 8 unspecified atom stereocenters. The smallest absolute Gasteiger partial charge is 0.302 e. The minimum absolute atomic E-state index is 0.111. The van der Waals surface area contributed by atoms with Crippen LogP contribution in [0.5, 0.6) is 5.75 Å². The summed E-state index contributed by atoms with van der Waals surface area (Å²) < 4.78 is 10.8. The third-order valence-electron chi connectivity index (χ3n) is 11.2. The fourth-order valence-corrected chi connectivity index (χ4v) is 8.00. The van der Waals surface area contributed by atoms with Crippen molar-refractivity contribution in [1.82, 2.24) is 24.9 Å². The Balaban J connectivity index is 1.95. The fourth-order valence-electron chi connectivity index (χ4n) is 8.00. The maximum absolute atomic E-state index is 14.6. The maximum Gasteiger partial charge on any atom is 0.302 e. The van der Waals surface area contributed by atoms with E-state index in [-0.39, 0.29) is 24.8 Å². The highest BCUT2D eigenvalue weighted by Gasteiger charge is 2.46. The number of unbranched alkanes of at least 4 members (excludes halogenated alkanes) is 1. The van der Waals surface area contributed by atoms with Crippen molar-refractivity contribution in [3.63, 3.8) is 0 Å². The predicted molar refractivity (Wildman–Crippen MR) is 215 cm³/mol. The van der Waals surface area contributed by atoms with E-state index in [0.717, 1.165) is 29.7 Å². The minimum atomic E-state index is -1.45. The molecule has 6 amide bonds. The summed E-state index contributed by atoms with van der Waals surface area (Å²) in [5.74, 6) is -3.52. The lowest BCUT2D eigenvalue weighted by molar-refractivity contribution is -0.157. The molecule has 0 saturated carbocycles. The molecule has 316 valence electrons. The van der Waals surface area contributed by atoms with Gasteiger partial charge in [0.25, 0.3) is 11.8 Å². The molecule has 1 aromatic carbocycles. The van der Waals surface area contributed by atoms with Crippen LogP contribution in [0.25, 0.3) is 0 Å². The summed E-state index contributed by atoms with van der Waals surface area (Å²) in [5.41, 5.74) is 0.744. The molecule has 0 radical (unpaired) electrons. The normalized spacial score (nSPS) is 19.7. The second-order valence-electron chi connectivity index (χ2n) is 16.2. The van der Waals surface area contributed by atoms with Gasteiger partial charge in [0, 0.05) is 46.0 Å². The molecule has 1 N–H and O–H groups in total. The molecule has 1 saturated heterocycles. The van der Waals surface area contributed by atoms with Crippen LogP contribution in [0.15, 0.2) is 36.4 Å². The summed E-state index contributed by atoms with van der Waals surface area (Å²) in [6, 6.07) is 2.22. The molecular weight excluding hydrogens is 730 g/mol. The predicted octanol–water partition coefficient (Wildman–Crippen LogP) is 4.14. The first-order valence-corrected chi connectivity index (χ1v) is 20.3. The third-order valence-corrected chi connectivity index (χ3v) is 11.2. The van der Waals surface area contributed by atoms with Gasteiger partial charge in [-0.05, 0) is 62.6 Å². The van der Waals surface area contributed by atoms with Crippen LogP contribution in [0, 0.1) is 17.8 Å². The number of benzene rings is 1. The number of carbonyl (C=O) groups excluding carboxylic acids is 7. The molecule has 2 aliphatic heterocycles. The fraction of sp³-hybridized carbons (Fsp3) is 0.651. The number of rotatable bonds is 19. The second-order valence-corrected chi connectivity index (χ2v) is 16.2. The zero-order valence-corrected chi connectivity index (χ0v) is 35.8. The van der Waals surface area contributed by atoms with E-state index in [9.17, 15) is 33.6 Å². The van der Waals surface area contributed by atoms with Gasteiger partial charge in [0.15, 0.2) is 0 Å². The van der Waals surface area contributed by atoms with Crippen molar-refractivity contribution < 1.29 is 43.0 Å². The van der Waals surface area contributed by atoms with E-state index in [1.54, 1.807) is 65.3 Å².